The molecule has 0 bridgehead atoms. The van der Waals surface area contributed by atoms with Crippen LogP contribution >= 0.6 is 0 Å². The van der Waals surface area contributed by atoms with Crippen LogP contribution in [0.5, 0.6) is 11.5 Å². The van der Waals surface area contributed by atoms with Crippen molar-refractivity contribution in [2.75, 3.05) is 14.2 Å². The zero-order valence-corrected chi connectivity index (χ0v) is 12.2. The predicted molar refractivity (Wildman–Crippen MR) is 77.7 cm³/mol. The van der Waals surface area contributed by atoms with Crippen molar-refractivity contribution in [3.63, 3.8) is 0 Å². The van der Waals surface area contributed by atoms with Crippen LogP contribution in [-0.2, 0) is 5.54 Å². The van der Waals surface area contributed by atoms with Gasteiger partial charge in [-0.25, -0.2) is 0 Å². The Morgan fingerprint density at radius 1 is 1.16 bits per heavy atom. The molecular weight excluding hydrogens is 238 g/mol. The molecular formula is C16H25NO2. The number of ether oxygens (including phenoxy) is 2. The molecule has 1 saturated carbocycles. The summed E-state index contributed by atoms with van der Waals surface area (Å²) in [5.74, 6) is 2.43. The Morgan fingerprint density at radius 3 is 2.63 bits per heavy atom. The van der Waals surface area contributed by atoms with Crippen molar-refractivity contribution in [3.05, 3.63) is 23.8 Å². The topological polar surface area (TPSA) is 44.5 Å². The maximum Gasteiger partial charge on any atom is 0.127 e. The van der Waals surface area contributed by atoms with E-state index in [-0.39, 0.29) is 5.54 Å². The number of methoxy groups -OCH3 is 2. The van der Waals surface area contributed by atoms with E-state index in [1.165, 1.54) is 19.3 Å². The molecule has 0 radical (unpaired) electrons. The summed E-state index contributed by atoms with van der Waals surface area (Å²) in [6, 6.07) is 5.96. The maximum atomic E-state index is 6.69. The summed E-state index contributed by atoms with van der Waals surface area (Å²) in [7, 11) is 3.36. The summed E-state index contributed by atoms with van der Waals surface area (Å²) in [6.45, 7) is 2.32. The van der Waals surface area contributed by atoms with Crippen molar-refractivity contribution < 1.29 is 9.47 Å². The molecule has 0 aromatic heterocycles. The van der Waals surface area contributed by atoms with Gasteiger partial charge in [-0.15, -0.1) is 0 Å². The first kappa shape index (κ1) is 14.2. The lowest BCUT2D eigenvalue weighted by Gasteiger charge is -2.30. The van der Waals surface area contributed by atoms with E-state index >= 15 is 0 Å². The van der Waals surface area contributed by atoms with Gasteiger partial charge in [-0.1, -0.05) is 19.8 Å². The van der Waals surface area contributed by atoms with Gasteiger partial charge in [-0.05, 0) is 37.3 Å². The Balaban J connectivity index is 2.33. The van der Waals surface area contributed by atoms with Gasteiger partial charge in [0.15, 0.2) is 0 Å². The molecule has 1 aliphatic carbocycles. The fourth-order valence-corrected chi connectivity index (χ4v) is 3.02. The van der Waals surface area contributed by atoms with E-state index in [4.69, 9.17) is 15.2 Å². The highest BCUT2D eigenvalue weighted by molar-refractivity contribution is 5.44. The van der Waals surface area contributed by atoms with Crippen molar-refractivity contribution in [1.29, 1.82) is 0 Å². The van der Waals surface area contributed by atoms with Gasteiger partial charge in [0.2, 0.25) is 0 Å². The molecule has 0 saturated heterocycles. The van der Waals surface area contributed by atoms with E-state index < -0.39 is 0 Å². The van der Waals surface area contributed by atoms with Crippen LogP contribution in [0.3, 0.4) is 0 Å². The second-order valence-corrected chi connectivity index (χ2v) is 5.76. The fourth-order valence-electron chi connectivity index (χ4n) is 3.02. The van der Waals surface area contributed by atoms with E-state index in [9.17, 15) is 0 Å². The zero-order chi connectivity index (χ0) is 13.9. The highest BCUT2D eigenvalue weighted by Gasteiger charge is 2.32. The SMILES string of the molecule is COc1ccc(C2(N)CCCC(C)CC2)c(OC)c1. The van der Waals surface area contributed by atoms with Gasteiger partial charge in [0.25, 0.3) is 0 Å². The minimum atomic E-state index is -0.262. The molecule has 0 amide bonds. The van der Waals surface area contributed by atoms with Gasteiger partial charge in [0.1, 0.15) is 11.5 Å². The van der Waals surface area contributed by atoms with Crippen molar-refractivity contribution in [2.45, 2.75) is 44.6 Å². The largest absolute Gasteiger partial charge is 0.497 e. The predicted octanol–water partition coefficient (Wildman–Crippen LogP) is 3.46. The summed E-state index contributed by atoms with van der Waals surface area (Å²) in [4.78, 5) is 0. The molecule has 1 aromatic rings. The number of benzene rings is 1. The average Bonchev–Trinajstić information content (AvgIpc) is 2.61. The Labute approximate surface area is 116 Å². The van der Waals surface area contributed by atoms with Crippen LogP contribution in [-0.4, -0.2) is 14.2 Å². The van der Waals surface area contributed by atoms with Gasteiger partial charge in [-0.2, -0.15) is 0 Å². The van der Waals surface area contributed by atoms with Gasteiger partial charge in [0.05, 0.1) is 14.2 Å². The molecule has 1 aromatic carbocycles. The Bertz CT molecular complexity index is 433. The molecule has 3 nitrogen and oxygen atoms in total. The molecule has 0 spiro atoms. The average molecular weight is 263 g/mol. The van der Waals surface area contributed by atoms with Crippen LogP contribution < -0.4 is 15.2 Å². The molecule has 3 heteroatoms. The summed E-state index contributed by atoms with van der Waals surface area (Å²) < 4.78 is 10.8. The van der Waals surface area contributed by atoms with E-state index in [2.05, 4.69) is 13.0 Å². The summed E-state index contributed by atoms with van der Waals surface area (Å²) in [5, 5.41) is 0. The lowest BCUT2D eigenvalue weighted by molar-refractivity contribution is 0.341. The molecule has 1 fully saturated rings. The monoisotopic (exact) mass is 263 g/mol. The summed E-state index contributed by atoms with van der Waals surface area (Å²) in [5.41, 5.74) is 7.54. The third-order valence-electron chi connectivity index (χ3n) is 4.35. The van der Waals surface area contributed by atoms with Crippen LogP contribution in [0.4, 0.5) is 0 Å². The van der Waals surface area contributed by atoms with Crippen LogP contribution in [0.1, 0.15) is 44.6 Å². The van der Waals surface area contributed by atoms with Crippen molar-refractivity contribution in [2.24, 2.45) is 11.7 Å². The molecule has 0 heterocycles. The Hall–Kier alpha value is -1.22. The number of rotatable bonds is 3. The fraction of sp³-hybridized carbons (Fsp3) is 0.625. The summed E-state index contributed by atoms with van der Waals surface area (Å²) in [6.07, 6.45) is 5.70. The first-order valence-electron chi connectivity index (χ1n) is 7.10. The zero-order valence-electron chi connectivity index (χ0n) is 12.2. The van der Waals surface area contributed by atoms with Gasteiger partial charge < -0.3 is 15.2 Å². The second kappa shape index (κ2) is 5.83. The van der Waals surface area contributed by atoms with Gasteiger partial charge in [0, 0.05) is 17.2 Å². The first-order valence-corrected chi connectivity index (χ1v) is 7.10. The number of hydrogen-bond donors (Lipinski definition) is 1. The molecule has 0 aliphatic heterocycles. The first-order chi connectivity index (χ1) is 9.09. The molecule has 106 valence electrons. The number of hydrogen-bond acceptors (Lipinski definition) is 3. The quantitative estimate of drug-likeness (QED) is 0.849. The van der Waals surface area contributed by atoms with Crippen LogP contribution in [0.25, 0.3) is 0 Å². The summed E-state index contributed by atoms with van der Waals surface area (Å²) >= 11 is 0. The highest BCUT2D eigenvalue weighted by Crippen LogP contribution is 2.40. The third-order valence-corrected chi connectivity index (χ3v) is 4.35. The van der Waals surface area contributed by atoms with Crippen molar-refractivity contribution in [1.82, 2.24) is 0 Å². The minimum Gasteiger partial charge on any atom is -0.497 e. The molecule has 2 unspecified atom stereocenters. The van der Waals surface area contributed by atoms with E-state index in [1.54, 1.807) is 14.2 Å². The highest BCUT2D eigenvalue weighted by atomic mass is 16.5. The van der Waals surface area contributed by atoms with E-state index in [1.807, 2.05) is 12.1 Å². The third kappa shape index (κ3) is 3.03. The molecule has 19 heavy (non-hydrogen) atoms. The smallest absolute Gasteiger partial charge is 0.127 e. The minimum absolute atomic E-state index is 0.262. The second-order valence-electron chi connectivity index (χ2n) is 5.76. The lowest BCUT2D eigenvalue weighted by atomic mass is 9.83. The molecule has 2 rings (SSSR count). The van der Waals surface area contributed by atoms with Crippen LogP contribution in [0, 0.1) is 5.92 Å². The standard InChI is InChI=1S/C16H25NO2/c1-12-5-4-9-16(17,10-8-12)14-7-6-13(18-2)11-15(14)19-3/h6-7,11-12H,4-5,8-10,17H2,1-3H3. The van der Waals surface area contributed by atoms with Gasteiger partial charge >= 0.3 is 0 Å². The van der Waals surface area contributed by atoms with E-state index in [0.29, 0.717) is 0 Å². The molecule has 1 aliphatic rings. The Kier molecular flexibility index (Phi) is 4.35. The molecule has 2 N–H and O–H groups in total. The van der Waals surface area contributed by atoms with E-state index in [0.717, 1.165) is 35.8 Å². The number of nitrogens with two attached hydrogens (primary N) is 1. The lowest BCUT2D eigenvalue weighted by Crippen LogP contribution is -2.36. The van der Waals surface area contributed by atoms with Gasteiger partial charge in [-0.3, -0.25) is 0 Å². The normalized spacial score (nSPS) is 27.7. The van der Waals surface area contributed by atoms with Crippen molar-refractivity contribution in [3.8, 4) is 11.5 Å². The molecule has 2 atom stereocenters. The Morgan fingerprint density at radius 2 is 1.95 bits per heavy atom. The van der Waals surface area contributed by atoms with Crippen LogP contribution in [0.2, 0.25) is 0 Å². The van der Waals surface area contributed by atoms with Crippen molar-refractivity contribution >= 4 is 0 Å². The van der Waals surface area contributed by atoms with Crippen LogP contribution in [0.15, 0.2) is 18.2 Å². The maximum absolute atomic E-state index is 6.69.